The van der Waals surface area contributed by atoms with E-state index in [1.54, 1.807) is 35.4 Å². The Hall–Kier alpha value is -2.64. The van der Waals surface area contributed by atoms with Crippen molar-refractivity contribution < 1.29 is 17.3 Å². The van der Waals surface area contributed by atoms with Crippen LogP contribution >= 0.6 is 0 Å². The number of benzene rings is 2. The molecule has 3 rings (SSSR count). The number of aromatic nitrogens is 2. The maximum Gasteiger partial charge on any atom is 0.297 e. The van der Waals surface area contributed by atoms with Gasteiger partial charge in [-0.2, -0.15) is 8.42 Å². The minimum atomic E-state index is -3.90. The highest BCUT2D eigenvalue weighted by molar-refractivity contribution is 7.86. The summed E-state index contributed by atoms with van der Waals surface area (Å²) in [4.78, 5) is 4.10. The van der Waals surface area contributed by atoms with E-state index in [4.69, 9.17) is 8.92 Å². The van der Waals surface area contributed by atoms with Gasteiger partial charge in [0.15, 0.2) is 0 Å². The topological polar surface area (TPSA) is 70.4 Å². The smallest absolute Gasteiger partial charge is 0.297 e. The largest absolute Gasteiger partial charge is 0.491 e. The first-order chi connectivity index (χ1) is 12.5. The Morgan fingerprint density at radius 2 is 1.81 bits per heavy atom. The Bertz CT molecular complexity index is 908. The van der Waals surface area contributed by atoms with Gasteiger partial charge in [-0.15, -0.1) is 0 Å². The average Bonchev–Trinajstić information content (AvgIpc) is 3.14. The normalized spacial score (nSPS) is 12.7. The molecule has 136 valence electrons. The van der Waals surface area contributed by atoms with Crippen LogP contribution in [0.5, 0.6) is 5.75 Å². The molecule has 0 saturated carbocycles. The number of hydrogen-bond acceptors (Lipinski definition) is 5. The molecule has 1 atom stereocenters. The van der Waals surface area contributed by atoms with Gasteiger partial charge >= 0.3 is 0 Å². The van der Waals surface area contributed by atoms with Gasteiger partial charge in [-0.3, -0.25) is 4.18 Å². The van der Waals surface area contributed by atoms with E-state index >= 15 is 0 Å². The summed E-state index contributed by atoms with van der Waals surface area (Å²) in [6, 6.07) is 15.8. The van der Waals surface area contributed by atoms with Crippen molar-refractivity contribution in [3.63, 3.8) is 0 Å². The predicted octanol–water partition coefficient (Wildman–Crippen LogP) is 3.04. The van der Waals surface area contributed by atoms with Crippen LogP contribution in [0.3, 0.4) is 0 Å². The van der Waals surface area contributed by atoms with Crippen molar-refractivity contribution in [3.8, 4) is 5.75 Å². The molecule has 0 amide bonds. The lowest BCUT2D eigenvalue weighted by atomic mass is 10.2. The Morgan fingerprint density at radius 1 is 1.08 bits per heavy atom. The molecule has 0 radical (unpaired) electrons. The summed E-state index contributed by atoms with van der Waals surface area (Å²) in [5.74, 6) is 0.652. The predicted molar refractivity (Wildman–Crippen MR) is 97.4 cm³/mol. The molecule has 7 heteroatoms. The maximum atomic E-state index is 12.6. The minimum Gasteiger partial charge on any atom is -0.491 e. The molecule has 0 fully saturated rings. The van der Waals surface area contributed by atoms with E-state index in [0.29, 0.717) is 12.3 Å². The monoisotopic (exact) mass is 372 g/mol. The summed E-state index contributed by atoms with van der Waals surface area (Å²) in [6.07, 6.45) is 4.29. The fourth-order valence-electron chi connectivity index (χ4n) is 2.39. The van der Waals surface area contributed by atoms with Crippen LogP contribution in [0.4, 0.5) is 0 Å². The molecule has 1 unspecified atom stereocenters. The highest BCUT2D eigenvalue weighted by Crippen LogP contribution is 2.17. The van der Waals surface area contributed by atoms with Gasteiger partial charge in [0.1, 0.15) is 18.5 Å². The van der Waals surface area contributed by atoms with Gasteiger partial charge in [0.25, 0.3) is 10.1 Å². The summed E-state index contributed by atoms with van der Waals surface area (Å²) in [5.41, 5.74) is 0.978. The van der Waals surface area contributed by atoms with Crippen molar-refractivity contribution in [2.24, 2.45) is 0 Å². The second-order valence-electron chi connectivity index (χ2n) is 5.87. The lowest BCUT2D eigenvalue weighted by molar-refractivity contribution is 0.119. The molecule has 0 aliphatic rings. The maximum absolute atomic E-state index is 12.6. The molecule has 26 heavy (non-hydrogen) atoms. The lowest BCUT2D eigenvalue weighted by Crippen LogP contribution is -2.29. The zero-order valence-corrected chi connectivity index (χ0v) is 15.2. The van der Waals surface area contributed by atoms with E-state index in [0.717, 1.165) is 5.56 Å². The molecule has 0 aliphatic carbocycles. The van der Waals surface area contributed by atoms with E-state index in [1.807, 2.05) is 37.3 Å². The molecule has 0 spiro atoms. The number of rotatable bonds is 8. The zero-order chi connectivity index (χ0) is 18.4. The number of para-hydroxylation sites is 1. The molecule has 0 aliphatic heterocycles. The van der Waals surface area contributed by atoms with Gasteiger partial charge in [-0.25, -0.2) is 4.98 Å². The van der Waals surface area contributed by atoms with Gasteiger partial charge < -0.3 is 9.30 Å². The van der Waals surface area contributed by atoms with E-state index < -0.39 is 16.2 Å². The van der Waals surface area contributed by atoms with Crippen molar-refractivity contribution >= 4 is 10.1 Å². The van der Waals surface area contributed by atoms with Crippen LogP contribution in [0, 0.1) is 6.92 Å². The Kier molecular flexibility index (Phi) is 5.70. The first kappa shape index (κ1) is 18.2. The number of hydrogen-bond donors (Lipinski definition) is 0. The molecule has 3 aromatic rings. The second kappa shape index (κ2) is 8.16. The van der Waals surface area contributed by atoms with Crippen molar-refractivity contribution in [1.29, 1.82) is 0 Å². The van der Waals surface area contributed by atoms with E-state index in [2.05, 4.69) is 4.98 Å². The third-order valence-corrected chi connectivity index (χ3v) is 5.10. The molecular weight excluding hydrogens is 352 g/mol. The average molecular weight is 372 g/mol. The third kappa shape index (κ3) is 4.93. The fourth-order valence-corrected chi connectivity index (χ4v) is 3.44. The van der Waals surface area contributed by atoms with Crippen LogP contribution in [0.25, 0.3) is 0 Å². The van der Waals surface area contributed by atoms with Gasteiger partial charge in [0, 0.05) is 12.4 Å². The SMILES string of the molecule is Cc1ccc(S(=O)(=O)OC(COc2ccccc2)Cn2ccnc2)cc1. The first-order valence-corrected chi connectivity index (χ1v) is 9.57. The first-order valence-electron chi connectivity index (χ1n) is 8.16. The third-order valence-electron chi connectivity index (χ3n) is 3.73. The second-order valence-corrected chi connectivity index (χ2v) is 7.44. The van der Waals surface area contributed by atoms with Crippen LogP contribution < -0.4 is 4.74 Å². The molecule has 0 bridgehead atoms. The number of nitrogens with zero attached hydrogens (tertiary/aromatic N) is 2. The van der Waals surface area contributed by atoms with E-state index in [9.17, 15) is 8.42 Å². The van der Waals surface area contributed by atoms with Crippen LogP contribution in [-0.2, 0) is 20.8 Å². The van der Waals surface area contributed by atoms with Gasteiger partial charge in [-0.1, -0.05) is 35.9 Å². The van der Waals surface area contributed by atoms with Crippen molar-refractivity contribution in [3.05, 3.63) is 78.9 Å². The standard InChI is InChI=1S/C19H20N2O4S/c1-16-7-9-19(10-8-16)26(22,23)25-18(13-21-12-11-20-15-21)14-24-17-5-3-2-4-6-17/h2-12,15,18H,13-14H2,1H3. The molecule has 1 heterocycles. The fraction of sp³-hybridized carbons (Fsp3) is 0.211. The van der Waals surface area contributed by atoms with Crippen LogP contribution in [0.15, 0.2) is 78.2 Å². The van der Waals surface area contributed by atoms with E-state index in [1.165, 1.54) is 12.1 Å². The van der Waals surface area contributed by atoms with Gasteiger partial charge in [0.05, 0.1) is 17.8 Å². The van der Waals surface area contributed by atoms with Crippen LogP contribution in [0.1, 0.15) is 5.56 Å². The lowest BCUT2D eigenvalue weighted by Gasteiger charge is -2.19. The summed E-state index contributed by atoms with van der Waals surface area (Å²) in [7, 11) is -3.90. The number of aryl methyl sites for hydroxylation is 1. The molecule has 6 nitrogen and oxygen atoms in total. The Morgan fingerprint density at radius 3 is 2.46 bits per heavy atom. The summed E-state index contributed by atoms with van der Waals surface area (Å²) in [5, 5.41) is 0. The highest BCUT2D eigenvalue weighted by atomic mass is 32.2. The van der Waals surface area contributed by atoms with Crippen molar-refractivity contribution in [2.45, 2.75) is 24.5 Å². The summed E-state index contributed by atoms with van der Waals surface area (Å²) < 4.78 is 38.1. The Balaban J connectivity index is 1.74. The molecule has 0 N–H and O–H groups in total. The van der Waals surface area contributed by atoms with Crippen molar-refractivity contribution in [2.75, 3.05) is 6.61 Å². The van der Waals surface area contributed by atoms with Gasteiger partial charge in [-0.05, 0) is 31.2 Å². The summed E-state index contributed by atoms with van der Waals surface area (Å²) in [6.45, 7) is 2.29. The van der Waals surface area contributed by atoms with Crippen LogP contribution in [-0.4, -0.2) is 30.7 Å². The highest BCUT2D eigenvalue weighted by Gasteiger charge is 2.23. The molecular formula is C19H20N2O4S. The molecule has 2 aromatic carbocycles. The molecule has 1 aromatic heterocycles. The Labute approximate surface area is 153 Å². The number of imidazole rings is 1. The minimum absolute atomic E-state index is 0.0906. The van der Waals surface area contributed by atoms with E-state index in [-0.39, 0.29) is 11.5 Å². The van der Waals surface area contributed by atoms with Crippen molar-refractivity contribution in [1.82, 2.24) is 9.55 Å². The zero-order valence-electron chi connectivity index (χ0n) is 14.4. The van der Waals surface area contributed by atoms with Gasteiger partial charge in [0.2, 0.25) is 0 Å². The quantitative estimate of drug-likeness (QED) is 0.569. The van der Waals surface area contributed by atoms with Crippen LogP contribution in [0.2, 0.25) is 0 Å². The summed E-state index contributed by atoms with van der Waals surface area (Å²) >= 11 is 0. The number of ether oxygens (including phenoxy) is 1. The molecule has 0 saturated heterocycles.